The van der Waals surface area contributed by atoms with E-state index in [1.165, 1.54) is 4.68 Å². The van der Waals surface area contributed by atoms with E-state index in [4.69, 9.17) is 0 Å². The summed E-state index contributed by atoms with van der Waals surface area (Å²) in [6.45, 7) is 0. The van der Waals surface area contributed by atoms with Crippen LogP contribution in [0.15, 0.2) is 42.9 Å². The van der Waals surface area contributed by atoms with Crippen LogP contribution in [0.5, 0.6) is 0 Å². The first-order chi connectivity index (χ1) is 9.18. The Hall–Kier alpha value is -2.69. The van der Waals surface area contributed by atoms with Gasteiger partial charge < -0.3 is 5.11 Å². The summed E-state index contributed by atoms with van der Waals surface area (Å²) in [5, 5.41) is 15.3. The molecule has 0 unspecified atom stereocenters. The molecule has 5 nitrogen and oxygen atoms in total. The maximum Gasteiger partial charge on any atom is 0.354 e. The van der Waals surface area contributed by atoms with Gasteiger partial charge in [0.1, 0.15) is 0 Å². The molecular weight excluding hydrogens is 242 g/mol. The first-order valence-corrected chi connectivity index (χ1v) is 5.77. The van der Waals surface area contributed by atoms with Gasteiger partial charge in [0.15, 0.2) is 5.69 Å². The lowest BCUT2D eigenvalue weighted by molar-refractivity contribution is 0.0686. The van der Waals surface area contributed by atoms with E-state index in [1.54, 1.807) is 25.6 Å². The number of carboxylic acids is 1. The van der Waals surface area contributed by atoms with Crippen LogP contribution in [0.2, 0.25) is 0 Å². The van der Waals surface area contributed by atoms with Crippen molar-refractivity contribution < 1.29 is 9.90 Å². The standard InChI is InChI=1S/C14H11N3O2/c1-17-13(14(18)19)12(8-16-17)11-4-2-3-9-7-15-6-5-10(9)11/h2-8H,1H3,(H,18,19). The predicted molar refractivity (Wildman–Crippen MR) is 70.9 cm³/mol. The smallest absolute Gasteiger partial charge is 0.354 e. The summed E-state index contributed by atoms with van der Waals surface area (Å²) in [6, 6.07) is 7.61. The number of carbonyl (C=O) groups is 1. The van der Waals surface area contributed by atoms with Gasteiger partial charge in [0.05, 0.1) is 6.20 Å². The topological polar surface area (TPSA) is 68.0 Å². The highest BCUT2D eigenvalue weighted by atomic mass is 16.4. The van der Waals surface area contributed by atoms with Crippen molar-refractivity contribution in [3.63, 3.8) is 0 Å². The molecule has 0 amide bonds. The van der Waals surface area contributed by atoms with Gasteiger partial charge in [-0.2, -0.15) is 5.10 Å². The molecule has 1 aromatic carbocycles. The van der Waals surface area contributed by atoms with Gasteiger partial charge in [-0.3, -0.25) is 9.67 Å². The molecular formula is C14H11N3O2. The van der Waals surface area contributed by atoms with Crippen molar-refractivity contribution in [3.8, 4) is 11.1 Å². The summed E-state index contributed by atoms with van der Waals surface area (Å²) >= 11 is 0. The molecule has 3 rings (SSSR count). The molecule has 2 heterocycles. The minimum absolute atomic E-state index is 0.185. The number of hydrogen-bond acceptors (Lipinski definition) is 3. The van der Waals surface area contributed by atoms with E-state index in [-0.39, 0.29) is 5.69 Å². The van der Waals surface area contributed by atoms with Crippen LogP contribution in [0.25, 0.3) is 21.9 Å². The fourth-order valence-corrected chi connectivity index (χ4v) is 2.25. The molecule has 1 N–H and O–H groups in total. The van der Waals surface area contributed by atoms with Crippen LogP contribution in [-0.4, -0.2) is 25.8 Å². The second-order valence-corrected chi connectivity index (χ2v) is 4.24. The molecule has 0 atom stereocenters. The summed E-state index contributed by atoms with van der Waals surface area (Å²) in [5.41, 5.74) is 1.65. The zero-order valence-corrected chi connectivity index (χ0v) is 10.2. The van der Waals surface area contributed by atoms with Crippen molar-refractivity contribution in [1.82, 2.24) is 14.8 Å². The maximum atomic E-state index is 11.3. The average molecular weight is 253 g/mol. The fraction of sp³-hybridized carbons (Fsp3) is 0.0714. The number of aromatic nitrogens is 3. The molecule has 0 saturated carbocycles. The third kappa shape index (κ3) is 1.76. The Bertz CT molecular complexity index is 772. The number of nitrogens with zero attached hydrogens (tertiary/aromatic N) is 3. The molecule has 0 bridgehead atoms. The van der Waals surface area contributed by atoms with Crippen molar-refractivity contribution in [3.05, 3.63) is 48.5 Å². The molecule has 0 fully saturated rings. The number of aryl methyl sites for hydroxylation is 1. The number of pyridine rings is 1. The van der Waals surface area contributed by atoms with Gasteiger partial charge in [-0.15, -0.1) is 0 Å². The third-order valence-corrected chi connectivity index (χ3v) is 3.11. The molecule has 0 aliphatic rings. The minimum atomic E-state index is -0.985. The molecule has 0 aliphatic heterocycles. The Kier molecular flexibility index (Phi) is 2.52. The highest BCUT2D eigenvalue weighted by Crippen LogP contribution is 2.30. The number of carboxylic acid groups (broad SMARTS) is 1. The van der Waals surface area contributed by atoms with E-state index in [9.17, 15) is 9.90 Å². The van der Waals surface area contributed by atoms with Crippen molar-refractivity contribution in [1.29, 1.82) is 0 Å². The average Bonchev–Trinajstić information content (AvgIpc) is 2.80. The summed E-state index contributed by atoms with van der Waals surface area (Å²) < 4.78 is 1.37. The van der Waals surface area contributed by atoms with Gasteiger partial charge in [-0.05, 0) is 17.0 Å². The largest absolute Gasteiger partial charge is 0.477 e. The van der Waals surface area contributed by atoms with Crippen LogP contribution < -0.4 is 0 Å². The van der Waals surface area contributed by atoms with Crippen molar-refractivity contribution in [2.45, 2.75) is 0 Å². The number of benzene rings is 1. The molecule has 3 aromatic rings. The second kappa shape index (κ2) is 4.20. The Morgan fingerprint density at radius 1 is 1.21 bits per heavy atom. The van der Waals surface area contributed by atoms with Crippen molar-refractivity contribution >= 4 is 16.7 Å². The lowest BCUT2D eigenvalue weighted by Crippen LogP contribution is -2.06. The van der Waals surface area contributed by atoms with Crippen LogP contribution in [0.1, 0.15) is 10.5 Å². The number of rotatable bonds is 2. The van der Waals surface area contributed by atoms with Crippen molar-refractivity contribution in [2.75, 3.05) is 0 Å². The van der Waals surface area contributed by atoms with Gasteiger partial charge in [0, 0.05) is 30.4 Å². The van der Waals surface area contributed by atoms with Crippen LogP contribution in [0, 0.1) is 0 Å². The Morgan fingerprint density at radius 3 is 2.84 bits per heavy atom. The van der Waals surface area contributed by atoms with E-state index in [2.05, 4.69) is 10.1 Å². The summed E-state index contributed by atoms with van der Waals surface area (Å²) in [4.78, 5) is 15.4. The Labute approximate surface area is 109 Å². The fourth-order valence-electron chi connectivity index (χ4n) is 2.25. The molecule has 19 heavy (non-hydrogen) atoms. The quantitative estimate of drug-likeness (QED) is 0.761. The molecule has 94 valence electrons. The Balaban J connectivity index is 2.34. The van der Waals surface area contributed by atoms with Crippen molar-refractivity contribution in [2.24, 2.45) is 7.05 Å². The first kappa shape index (κ1) is 11.4. The molecule has 0 spiro atoms. The van der Waals surface area contributed by atoms with E-state index in [0.717, 1.165) is 16.3 Å². The van der Waals surface area contributed by atoms with Gasteiger partial charge in [-0.1, -0.05) is 18.2 Å². The van der Waals surface area contributed by atoms with Gasteiger partial charge in [0.25, 0.3) is 0 Å². The number of aromatic carboxylic acids is 1. The Morgan fingerprint density at radius 2 is 2.05 bits per heavy atom. The first-order valence-electron chi connectivity index (χ1n) is 5.77. The van der Waals surface area contributed by atoms with Gasteiger partial charge in [-0.25, -0.2) is 4.79 Å². The second-order valence-electron chi connectivity index (χ2n) is 4.24. The highest BCUT2D eigenvalue weighted by molar-refractivity contribution is 6.02. The van der Waals surface area contributed by atoms with Crippen LogP contribution >= 0.6 is 0 Å². The van der Waals surface area contributed by atoms with Gasteiger partial charge >= 0.3 is 5.97 Å². The monoisotopic (exact) mass is 253 g/mol. The molecule has 0 saturated heterocycles. The van der Waals surface area contributed by atoms with E-state index in [0.29, 0.717) is 5.56 Å². The SMILES string of the molecule is Cn1ncc(-c2cccc3cnccc23)c1C(=O)O. The molecule has 5 heteroatoms. The maximum absolute atomic E-state index is 11.3. The lowest BCUT2D eigenvalue weighted by atomic mass is 10.00. The summed E-state index contributed by atoms with van der Waals surface area (Å²) in [7, 11) is 1.62. The zero-order chi connectivity index (χ0) is 13.4. The predicted octanol–water partition coefficient (Wildman–Crippen LogP) is 2.33. The van der Waals surface area contributed by atoms with E-state index < -0.39 is 5.97 Å². The van der Waals surface area contributed by atoms with Gasteiger partial charge in [0.2, 0.25) is 0 Å². The number of hydrogen-bond donors (Lipinski definition) is 1. The highest BCUT2D eigenvalue weighted by Gasteiger charge is 2.18. The zero-order valence-electron chi connectivity index (χ0n) is 10.2. The van der Waals surface area contributed by atoms with Crippen LogP contribution in [-0.2, 0) is 7.05 Å². The normalized spacial score (nSPS) is 10.8. The molecule has 0 radical (unpaired) electrons. The molecule has 0 aliphatic carbocycles. The van der Waals surface area contributed by atoms with Crippen LogP contribution in [0.3, 0.4) is 0 Å². The number of fused-ring (bicyclic) bond motifs is 1. The lowest BCUT2D eigenvalue weighted by Gasteiger charge is -2.06. The summed E-state index contributed by atoms with van der Waals surface area (Å²) in [6.07, 6.45) is 5.04. The molecule has 2 aromatic heterocycles. The van der Waals surface area contributed by atoms with E-state index in [1.807, 2.05) is 24.3 Å². The minimum Gasteiger partial charge on any atom is -0.477 e. The van der Waals surface area contributed by atoms with E-state index >= 15 is 0 Å². The van der Waals surface area contributed by atoms with Crippen LogP contribution in [0.4, 0.5) is 0 Å². The summed E-state index contributed by atoms with van der Waals surface area (Å²) in [5.74, 6) is -0.985. The third-order valence-electron chi connectivity index (χ3n) is 3.11.